The van der Waals surface area contributed by atoms with E-state index in [9.17, 15) is 0 Å². The van der Waals surface area contributed by atoms with Gasteiger partial charge in [-0.2, -0.15) is 5.26 Å². The molecule has 0 aliphatic rings. The highest BCUT2D eigenvalue weighted by atomic mass is 35.5. The third-order valence-corrected chi connectivity index (χ3v) is 2.96. The SMILES string of the molecule is Cc1ccc(C)c(-c2cnc(Cl)c(C#N)c2)c1. The summed E-state index contributed by atoms with van der Waals surface area (Å²) in [5.74, 6) is 0. The zero-order valence-corrected chi connectivity index (χ0v) is 10.4. The maximum atomic E-state index is 8.94. The van der Waals surface area contributed by atoms with Crippen LogP contribution in [0, 0.1) is 25.2 Å². The van der Waals surface area contributed by atoms with E-state index in [0.717, 1.165) is 16.7 Å². The molecule has 2 aromatic rings. The molecule has 0 fully saturated rings. The molecular weight excluding hydrogens is 232 g/mol. The molecule has 0 aliphatic heterocycles. The molecule has 0 bridgehead atoms. The van der Waals surface area contributed by atoms with Crippen LogP contribution >= 0.6 is 11.6 Å². The molecule has 0 saturated heterocycles. The van der Waals surface area contributed by atoms with E-state index in [4.69, 9.17) is 16.9 Å². The summed E-state index contributed by atoms with van der Waals surface area (Å²) in [5, 5.41) is 9.19. The van der Waals surface area contributed by atoms with Gasteiger partial charge in [0.1, 0.15) is 11.2 Å². The van der Waals surface area contributed by atoms with Crippen LogP contribution in [0.4, 0.5) is 0 Å². The van der Waals surface area contributed by atoms with Crippen molar-refractivity contribution in [2.75, 3.05) is 0 Å². The van der Waals surface area contributed by atoms with Crippen molar-refractivity contribution in [3.05, 3.63) is 52.3 Å². The molecule has 1 aromatic carbocycles. The highest BCUT2D eigenvalue weighted by molar-refractivity contribution is 6.30. The Kier molecular flexibility index (Phi) is 3.12. The topological polar surface area (TPSA) is 36.7 Å². The van der Waals surface area contributed by atoms with Crippen LogP contribution in [0.25, 0.3) is 11.1 Å². The fourth-order valence-corrected chi connectivity index (χ4v) is 1.87. The van der Waals surface area contributed by atoms with Crippen LogP contribution in [0.1, 0.15) is 16.7 Å². The lowest BCUT2D eigenvalue weighted by molar-refractivity contribution is 1.29. The van der Waals surface area contributed by atoms with Crippen LogP contribution < -0.4 is 0 Å². The minimum absolute atomic E-state index is 0.251. The summed E-state index contributed by atoms with van der Waals surface area (Å²) in [7, 11) is 0. The maximum absolute atomic E-state index is 8.94. The predicted octanol–water partition coefficient (Wildman–Crippen LogP) is 3.89. The zero-order chi connectivity index (χ0) is 12.4. The Balaban J connectivity index is 2.61. The van der Waals surface area contributed by atoms with E-state index >= 15 is 0 Å². The van der Waals surface area contributed by atoms with Gasteiger partial charge in [-0.25, -0.2) is 4.98 Å². The second-order valence-electron chi connectivity index (χ2n) is 3.99. The second-order valence-corrected chi connectivity index (χ2v) is 4.35. The summed E-state index contributed by atoms with van der Waals surface area (Å²) in [4.78, 5) is 4.04. The van der Waals surface area contributed by atoms with E-state index < -0.39 is 0 Å². The molecule has 0 unspecified atom stereocenters. The van der Waals surface area contributed by atoms with Gasteiger partial charge in [-0.05, 0) is 31.0 Å². The molecule has 2 nitrogen and oxygen atoms in total. The molecule has 0 saturated carbocycles. The van der Waals surface area contributed by atoms with Gasteiger partial charge in [0.25, 0.3) is 0 Å². The number of aryl methyl sites for hydroxylation is 2. The highest BCUT2D eigenvalue weighted by Gasteiger charge is 2.07. The maximum Gasteiger partial charge on any atom is 0.146 e. The van der Waals surface area contributed by atoms with E-state index in [1.54, 1.807) is 12.3 Å². The number of nitriles is 1. The zero-order valence-electron chi connectivity index (χ0n) is 9.66. The highest BCUT2D eigenvalue weighted by Crippen LogP contribution is 2.26. The Morgan fingerprint density at radius 1 is 1.24 bits per heavy atom. The first-order chi connectivity index (χ1) is 8.11. The smallest absolute Gasteiger partial charge is 0.146 e. The van der Waals surface area contributed by atoms with Crippen LogP contribution in [0.5, 0.6) is 0 Å². The Bertz CT molecular complexity index is 612. The van der Waals surface area contributed by atoms with Crippen molar-refractivity contribution in [3.63, 3.8) is 0 Å². The average Bonchev–Trinajstić information content (AvgIpc) is 2.33. The number of halogens is 1. The third-order valence-electron chi connectivity index (χ3n) is 2.66. The van der Waals surface area contributed by atoms with Crippen LogP contribution in [0.15, 0.2) is 30.5 Å². The monoisotopic (exact) mass is 242 g/mol. The predicted molar refractivity (Wildman–Crippen MR) is 68.9 cm³/mol. The van der Waals surface area contributed by atoms with Gasteiger partial charge in [-0.1, -0.05) is 35.4 Å². The molecule has 2 rings (SSSR count). The first-order valence-corrected chi connectivity index (χ1v) is 5.63. The molecule has 0 spiro atoms. The molecule has 0 amide bonds. The Morgan fingerprint density at radius 2 is 2.00 bits per heavy atom. The Morgan fingerprint density at radius 3 is 2.71 bits per heavy atom. The van der Waals surface area contributed by atoms with Crippen molar-refractivity contribution < 1.29 is 0 Å². The molecule has 0 aliphatic carbocycles. The van der Waals surface area contributed by atoms with Crippen LogP contribution in [-0.2, 0) is 0 Å². The van der Waals surface area contributed by atoms with Gasteiger partial charge in [-0.15, -0.1) is 0 Å². The molecule has 0 N–H and O–H groups in total. The van der Waals surface area contributed by atoms with Crippen molar-refractivity contribution in [3.8, 4) is 17.2 Å². The van der Waals surface area contributed by atoms with Gasteiger partial charge in [0.2, 0.25) is 0 Å². The molecule has 3 heteroatoms. The molecular formula is C14H11ClN2. The number of pyridine rings is 1. The lowest BCUT2D eigenvalue weighted by atomic mass is 9.99. The normalized spacial score (nSPS) is 10.0. The summed E-state index contributed by atoms with van der Waals surface area (Å²) in [6.45, 7) is 4.08. The Hall–Kier alpha value is -1.85. The van der Waals surface area contributed by atoms with Gasteiger partial charge in [-0.3, -0.25) is 0 Å². The second kappa shape index (κ2) is 4.57. The lowest BCUT2D eigenvalue weighted by Gasteiger charge is -2.07. The number of nitrogens with zero attached hydrogens (tertiary/aromatic N) is 2. The summed E-state index contributed by atoms with van der Waals surface area (Å²) in [6, 6.07) is 10.0. The lowest BCUT2D eigenvalue weighted by Crippen LogP contribution is -1.89. The number of benzene rings is 1. The fourth-order valence-electron chi connectivity index (χ4n) is 1.72. The molecule has 0 radical (unpaired) electrons. The largest absolute Gasteiger partial charge is 0.243 e. The average molecular weight is 243 g/mol. The van der Waals surface area contributed by atoms with E-state index in [2.05, 4.69) is 23.2 Å². The van der Waals surface area contributed by atoms with Crippen molar-refractivity contribution >= 4 is 11.6 Å². The van der Waals surface area contributed by atoms with Crippen molar-refractivity contribution in [1.82, 2.24) is 4.98 Å². The van der Waals surface area contributed by atoms with Crippen molar-refractivity contribution in [1.29, 1.82) is 5.26 Å². The standard InChI is InChI=1S/C14H11ClN2/c1-9-3-4-10(2)13(5-9)12-6-11(7-16)14(15)17-8-12/h3-6,8H,1-2H3. The number of aromatic nitrogens is 1. The van der Waals surface area contributed by atoms with E-state index in [1.807, 2.05) is 19.9 Å². The molecule has 84 valence electrons. The minimum atomic E-state index is 0.251. The van der Waals surface area contributed by atoms with Gasteiger partial charge in [0.05, 0.1) is 5.56 Å². The third kappa shape index (κ3) is 2.30. The first kappa shape index (κ1) is 11.6. The Labute approximate surface area is 105 Å². The fraction of sp³-hybridized carbons (Fsp3) is 0.143. The van der Waals surface area contributed by atoms with Gasteiger partial charge in [0.15, 0.2) is 0 Å². The van der Waals surface area contributed by atoms with Gasteiger partial charge in [0, 0.05) is 11.8 Å². The molecule has 0 atom stereocenters. The quantitative estimate of drug-likeness (QED) is 0.712. The first-order valence-electron chi connectivity index (χ1n) is 5.25. The number of rotatable bonds is 1. The molecule has 17 heavy (non-hydrogen) atoms. The van der Waals surface area contributed by atoms with Crippen LogP contribution in [0.2, 0.25) is 5.15 Å². The van der Waals surface area contributed by atoms with Gasteiger partial charge >= 0.3 is 0 Å². The molecule has 1 heterocycles. The van der Waals surface area contributed by atoms with Crippen LogP contribution in [-0.4, -0.2) is 4.98 Å². The minimum Gasteiger partial charge on any atom is -0.243 e. The van der Waals surface area contributed by atoms with E-state index in [1.165, 1.54) is 5.56 Å². The summed E-state index contributed by atoms with van der Waals surface area (Å²) in [5.41, 5.74) is 4.76. The van der Waals surface area contributed by atoms with Crippen LogP contribution in [0.3, 0.4) is 0 Å². The molecule has 1 aromatic heterocycles. The number of hydrogen-bond acceptors (Lipinski definition) is 2. The summed E-state index contributed by atoms with van der Waals surface area (Å²) in [6.07, 6.45) is 1.70. The van der Waals surface area contributed by atoms with Crippen molar-refractivity contribution in [2.45, 2.75) is 13.8 Å². The van der Waals surface area contributed by atoms with Crippen molar-refractivity contribution in [2.24, 2.45) is 0 Å². The summed E-state index contributed by atoms with van der Waals surface area (Å²) < 4.78 is 0. The van der Waals surface area contributed by atoms with E-state index in [-0.39, 0.29) is 5.15 Å². The van der Waals surface area contributed by atoms with E-state index in [0.29, 0.717) is 5.56 Å². The summed E-state index contributed by atoms with van der Waals surface area (Å²) >= 11 is 5.82. The van der Waals surface area contributed by atoms with Gasteiger partial charge < -0.3 is 0 Å². The number of hydrogen-bond donors (Lipinski definition) is 0.